The monoisotopic (exact) mass is 460 g/mol. The summed E-state index contributed by atoms with van der Waals surface area (Å²) in [5, 5.41) is 3.10. The first-order valence-corrected chi connectivity index (χ1v) is 11.9. The van der Waals surface area contributed by atoms with Crippen LogP contribution in [0.3, 0.4) is 0 Å². The largest absolute Gasteiger partial charge is 0.497 e. The van der Waals surface area contributed by atoms with E-state index < -0.39 is 0 Å². The van der Waals surface area contributed by atoms with Crippen molar-refractivity contribution in [2.45, 2.75) is 18.9 Å². The summed E-state index contributed by atoms with van der Waals surface area (Å²) in [4.78, 5) is 32.5. The number of amides is 2. The topological polar surface area (TPSA) is 83.6 Å². The molecule has 33 heavy (non-hydrogen) atoms. The van der Waals surface area contributed by atoms with Gasteiger partial charge in [-0.05, 0) is 24.5 Å². The maximum atomic E-state index is 13.2. The molecule has 2 fully saturated rings. The van der Waals surface area contributed by atoms with E-state index in [0.29, 0.717) is 59.0 Å². The van der Waals surface area contributed by atoms with Crippen molar-refractivity contribution in [2.24, 2.45) is 5.92 Å². The molecule has 1 N–H and O–H groups in total. The average Bonchev–Trinajstić information content (AvgIpc) is 2.86. The second-order valence-corrected chi connectivity index (χ2v) is 8.93. The molecule has 0 aliphatic carbocycles. The zero-order valence-electron chi connectivity index (χ0n) is 19.8. The van der Waals surface area contributed by atoms with Crippen molar-refractivity contribution in [2.75, 3.05) is 84.8 Å². The lowest BCUT2D eigenvalue weighted by Crippen LogP contribution is -2.62. The average molecular weight is 461 g/mol. The second kappa shape index (κ2) is 11.2. The first kappa shape index (κ1) is 23.8. The minimum absolute atomic E-state index is 0.0123. The van der Waals surface area contributed by atoms with Crippen molar-refractivity contribution in [1.29, 1.82) is 0 Å². The van der Waals surface area contributed by atoms with Crippen LogP contribution in [0.1, 0.15) is 12.0 Å². The summed E-state index contributed by atoms with van der Waals surface area (Å²) >= 11 is 0. The van der Waals surface area contributed by atoms with Gasteiger partial charge in [0.15, 0.2) is 0 Å². The molecule has 3 aliphatic heterocycles. The third-order valence-electron chi connectivity index (χ3n) is 6.89. The molecule has 2 amide bonds. The number of hydrogen-bond acceptors (Lipinski definition) is 7. The van der Waals surface area contributed by atoms with Gasteiger partial charge in [0.2, 0.25) is 11.8 Å². The lowest BCUT2D eigenvalue weighted by molar-refractivity contribution is -0.136. The van der Waals surface area contributed by atoms with Crippen LogP contribution in [0.25, 0.3) is 0 Å². The SMILES string of the molecule is COCCCNC(=O)[C@H]1Cc2ccc(OC)cc2N2CCN(CC(=O)N3CCOCC3)C[C@H]12. The van der Waals surface area contributed by atoms with Crippen LogP contribution in [0.15, 0.2) is 18.2 Å². The summed E-state index contributed by atoms with van der Waals surface area (Å²) in [5.41, 5.74) is 2.31. The Kier molecular flexibility index (Phi) is 8.06. The Labute approximate surface area is 195 Å². The van der Waals surface area contributed by atoms with Crippen molar-refractivity contribution in [3.63, 3.8) is 0 Å². The number of piperazine rings is 1. The zero-order chi connectivity index (χ0) is 23.2. The van der Waals surface area contributed by atoms with Crippen LogP contribution in [0, 0.1) is 5.92 Å². The van der Waals surface area contributed by atoms with E-state index in [4.69, 9.17) is 14.2 Å². The van der Waals surface area contributed by atoms with E-state index in [1.54, 1.807) is 14.2 Å². The Bertz CT molecular complexity index is 829. The van der Waals surface area contributed by atoms with Crippen molar-refractivity contribution in [3.8, 4) is 5.75 Å². The molecule has 3 heterocycles. The Hall–Kier alpha value is -2.36. The molecule has 2 atom stereocenters. The number of carbonyl (C=O) groups excluding carboxylic acids is 2. The van der Waals surface area contributed by atoms with Crippen molar-refractivity contribution < 1.29 is 23.8 Å². The summed E-state index contributed by atoms with van der Waals surface area (Å²) in [7, 11) is 3.34. The standard InChI is InChI=1S/C24H36N4O5/c1-31-11-3-6-25-24(30)20-14-18-4-5-19(32-2)15-21(18)28-8-7-26(16-22(20)28)17-23(29)27-9-12-33-13-10-27/h4-5,15,20,22H,3,6-14,16-17H2,1-2H3,(H,25,30)/t20-,22+/m0/s1. The van der Waals surface area contributed by atoms with Crippen LogP contribution in [-0.4, -0.2) is 108 Å². The summed E-state index contributed by atoms with van der Waals surface area (Å²) in [6.07, 6.45) is 1.47. The number of anilines is 1. The first-order chi connectivity index (χ1) is 16.1. The number of morpholine rings is 1. The number of methoxy groups -OCH3 is 2. The van der Waals surface area contributed by atoms with Crippen LogP contribution in [0.4, 0.5) is 5.69 Å². The maximum absolute atomic E-state index is 13.2. The smallest absolute Gasteiger partial charge is 0.236 e. The third-order valence-corrected chi connectivity index (χ3v) is 6.89. The van der Waals surface area contributed by atoms with Gasteiger partial charge >= 0.3 is 0 Å². The lowest BCUT2D eigenvalue weighted by atomic mass is 9.83. The Morgan fingerprint density at radius 2 is 1.97 bits per heavy atom. The van der Waals surface area contributed by atoms with Crippen molar-refractivity contribution >= 4 is 17.5 Å². The van der Waals surface area contributed by atoms with Crippen LogP contribution in [-0.2, 0) is 25.5 Å². The number of fused-ring (bicyclic) bond motifs is 3. The van der Waals surface area contributed by atoms with Crippen LogP contribution < -0.4 is 15.0 Å². The Balaban J connectivity index is 1.48. The van der Waals surface area contributed by atoms with Gasteiger partial charge in [0, 0.05) is 64.7 Å². The molecule has 0 bridgehead atoms. The highest BCUT2D eigenvalue weighted by Gasteiger charge is 2.42. The molecule has 0 saturated carbocycles. The highest BCUT2D eigenvalue weighted by Crippen LogP contribution is 2.38. The molecule has 9 nitrogen and oxygen atoms in total. The van der Waals surface area contributed by atoms with E-state index in [1.165, 1.54) is 5.56 Å². The quantitative estimate of drug-likeness (QED) is 0.561. The Morgan fingerprint density at radius 3 is 2.73 bits per heavy atom. The van der Waals surface area contributed by atoms with Gasteiger partial charge in [0.05, 0.1) is 38.8 Å². The van der Waals surface area contributed by atoms with Crippen molar-refractivity contribution in [3.05, 3.63) is 23.8 Å². The van der Waals surface area contributed by atoms with Gasteiger partial charge in [0.1, 0.15) is 5.75 Å². The van der Waals surface area contributed by atoms with E-state index >= 15 is 0 Å². The molecule has 3 aliphatic rings. The van der Waals surface area contributed by atoms with Gasteiger partial charge < -0.3 is 29.3 Å². The number of hydrogen-bond donors (Lipinski definition) is 1. The number of ether oxygens (including phenoxy) is 3. The fraction of sp³-hybridized carbons (Fsp3) is 0.667. The summed E-state index contributed by atoms with van der Waals surface area (Å²) in [6, 6.07) is 6.12. The minimum Gasteiger partial charge on any atom is -0.497 e. The van der Waals surface area contributed by atoms with E-state index in [0.717, 1.165) is 30.9 Å². The van der Waals surface area contributed by atoms with Gasteiger partial charge in [-0.1, -0.05) is 6.07 Å². The lowest BCUT2D eigenvalue weighted by Gasteiger charge is -2.49. The molecule has 182 valence electrons. The Morgan fingerprint density at radius 1 is 1.15 bits per heavy atom. The molecule has 1 aromatic rings. The summed E-state index contributed by atoms with van der Waals surface area (Å²) in [6.45, 7) is 6.37. The third kappa shape index (κ3) is 5.59. The highest BCUT2D eigenvalue weighted by molar-refractivity contribution is 5.82. The predicted octanol–water partition coefficient (Wildman–Crippen LogP) is 0.370. The predicted molar refractivity (Wildman–Crippen MR) is 125 cm³/mol. The van der Waals surface area contributed by atoms with Crippen LogP contribution in [0.2, 0.25) is 0 Å². The van der Waals surface area contributed by atoms with E-state index in [1.807, 2.05) is 11.0 Å². The van der Waals surface area contributed by atoms with E-state index in [2.05, 4.69) is 27.2 Å². The van der Waals surface area contributed by atoms with Gasteiger partial charge in [-0.25, -0.2) is 0 Å². The normalized spacial score (nSPS) is 23.0. The molecule has 0 aromatic heterocycles. The number of carbonyl (C=O) groups is 2. The van der Waals surface area contributed by atoms with Gasteiger partial charge in [-0.3, -0.25) is 14.5 Å². The second-order valence-electron chi connectivity index (χ2n) is 8.93. The van der Waals surface area contributed by atoms with Crippen LogP contribution >= 0.6 is 0 Å². The molecular weight excluding hydrogens is 424 g/mol. The van der Waals surface area contributed by atoms with E-state index in [9.17, 15) is 9.59 Å². The number of nitrogens with zero attached hydrogens (tertiary/aromatic N) is 3. The molecule has 1 aromatic carbocycles. The molecular formula is C24H36N4O5. The van der Waals surface area contributed by atoms with Gasteiger partial charge in [-0.2, -0.15) is 0 Å². The molecule has 4 rings (SSSR count). The summed E-state index contributed by atoms with van der Waals surface area (Å²) < 4.78 is 15.9. The molecule has 9 heteroatoms. The zero-order valence-corrected chi connectivity index (χ0v) is 19.8. The molecule has 2 saturated heterocycles. The minimum atomic E-state index is -0.172. The summed E-state index contributed by atoms with van der Waals surface area (Å²) in [5.74, 6) is 0.865. The first-order valence-electron chi connectivity index (χ1n) is 11.9. The van der Waals surface area contributed by atoms with Gasteiger partial charge in [-0.15, -0.1) is 0 Å². The number of benzene rings is 1. The molecule has 0 unspecified atom stereocenters. The fourth-order valence-electron chi connectivity index (χ4n) is 5.07. The molecule has 0 spiro atoms. The number of nitrogens with one attached hydrogen (secondary N) is 1. The highest BCUT2D eigenvalue weighted by atomic mass is 16.5. The number of rotatable bonds is 8. The van der Waals surface area contributed by atoms with Gasteiger partial charge in [0.25, 0.3) is 0 Å². The maximum Gasteiger partial charge on any atom is 0.236 e. The molecule has 0 radical (unpaired) electrons. The van der Waals surface area contributed by atoms with Crippen LogP contribution in [0.5, 0.6) is 5.75 Å². The van der Waals surface area contributed by atoms with Crippen molar-refractivity contribution in [1.82, 2.24) is 15.1 Å². The van der Waals surface area contributed by atoms with E-state index in [-0.39, 0.29) is 23.8 Å². The fourth-order valence-corrected chi connectivity index (χ4v) is 5.07.